The molecule has 0 saturated heterocycles. The summed E-state index contributed by atoms with van der Waals surface area (Å²) in [4.78, 5) is 0. The maximum absolute atomic E-state index is 10.3. The Kier molecular flexibility index (Phi) is 8.64. The average molecular weight is 305 g/mol. The third kappa shape index (κ3) is 9.34. The van der Waals surface area contributed by atoms with Crippen molar-refractivity contribution in [2.45, 2.75) is 0 Å². The van der Waals surface area contributed by atoms with Crippen LogP contribution in [0.4, 0.5) is 0 Å². The average Bonchev–Trinajstić information content (AvgIpc) is 2.47. The Labute approximate surface area is 125 Å². The molecule has 5 heteroatoms. The van der Waals surface area contributed by atoms with E-state index in [4.69, 9.17) is 4.55 Å². The van der Waals surface area contributed by atoms with Gasteiger partial charge in [-0.25, -0.2) is 0 Å². The van der Waals surface area contributed by atoms with Crippen LogP contribution in [0.15, 0.2) is 72.7 Å². The molecule has 0 spiro atoms. The standard InChI is InChI=1S/C8H8O3S.C8H8.H3N/c9-12(10,11)7-6-8-4-2-1-3-5-8;1-2-8-6-4-3-5-7-8;/h1-7H,(H,9,10,11);2-7H,1H2;1H3. The van der Waals surface area contributed by atoms with Crippen LogP contribution in [-0.2, 0) is 10.1 Å². The molecule has 2 aromatic carbocycles. The van der Waals surface area contributed by atoms with Crippen molar-refractivity contribution in [1.29, 1.82) is 0 Å². The summed E-state index contributed by atoms with van der Waals surface area (Å²) < 4.78 is 28.9. The molecular weight excluding hydrogens is 286 g/mol. The normalized spacial score (nSPS) is 10.1. The number of hydrogen-bond donors (Lipinski definition) is 2. The van der Waals surface area contributed by atoms with Crippen LogP contribution in [0.1, 0.15) is 11.1 Å². The van der Waals surface area contributed by atoms with E-state index in [1.165, 1.54) is 11.6 Å². The maximum Gasteiger partial charge on any atom is 0.287 e. The zero-order valence-electron chi connectivity index (χ0n) is 11.6. The van der Waals surface area contributed by atoms with Crippen molar-refractivity contribution in [3.05, 3.63) is 83.8 Å². The van der Waals surface area contributed by atoms with Crippen molar-refractivity contribution in [3.8, 4) is 0 Å². The maximum atomic E-state index is 10.3. The van der Waals surface area contributed by atoms with Gasteiger partial charge in [0, 0.05) is 0 Å². The molecule has 4 nitrogen and oxygen atoms in total. The Hall–Kier alpha value is -2.21. The highest BCUT2D eigenvalue weighted by molar-refractivity contribution is 7.88. The molecule has 0 amide bonds. The lowest BCUT2D eigenvalue weighted by Gasteiger charge is -1.89. The van der Waals surface area contributed by atoms with Crippen LogP contribution in [0.5, 0.6) is 0 Å². The minimum absolute atomic E-state index is 0. The number of benzene rings is 2. The highest BCUT2D eigenvalue weighted by atomic mass is 32.2. The summed E-state index contributed by atoms with van der Waals surface area (Å²) in [6.07, 6.45) is 3.16. The number of hydrogen-bond acceptors (Lipinski definition) is 3. The summed E-state index contributed by atoms with van der Waals surface area (Å²) >= 11 is 0. The highest BCUT2D eigenvalue weighted by Crippen LogP contribution is 2.02. The van der Waals surface area contributed by atoms with Crippen LogP contribution < -0.4 is 6.15 Å². The summed E-state index contributed by atoms with van der Waals surface area (Å²) in [6.45, 7) is 3.63. The summed E-state index contributed by atoms with van der Waals surface area (Å²) in [5.74, 6) is 0. The fourth-order valence-corrected chi connectivity index (χ4v) is 1.65. The smallest absolute Gasteiger partial charge is 0.287 e. The van der Waals surface area contributed by atoms with Gasteiger partial charge in [0.1, 0.15) is 0 Å². The van der Waals surface area contributed by atoms with Gasteiger partial charge in [-0.05, 0) is 17.2 Å². The SMILES string of the molecule is C=Cc1ccccc1.N.O=S(=O)(O)C=Cc1ccccc1. The van der Waals surface area contributed by atoms with E-state index in [0.717, 1.165) is 11.0 Å². The van der Waals surface area contributed by atoms with Gasteiger partial charge in [0.05, 0.1) is 5.41 Å². The lowest BCUT2D eigenvalue weighted by atomic mass is 10.2. The first-order valence-corrected chi connectivity index (χ1v) is 7.40. The minimum atomic E-state index is -4.00. The topological polar surface area (TPSA) is 89.4 Å². The van der Waals surface area contributed by atoms with E-state index in [2.05, 4.69) is 6.58 Å². The van der Waals surface area contributed by atoms with Crippen molar-refractivity contribution in [2.75, 3.05) is 0 Å². The molecule has 21 heavy (non-hydrogen) atoms. The van der Waals surface area contributed by atoms with Crippen molar-refractivity contribution in [2.24, 2.45) is 0 Å². The van der Waals surface area contributed by atoms with Gasteiger partial charge >= 0.3 is 0 Å². The molecule has 0 aliphatic carbocycles. The summed E-state index contributed by atoms with van der Waals surface area (Å²) in [6, 6.07) is 18.9. The largest absolute Gasteiger partial charge is 0.344 e. The predicted octanol–water partition coefficient (Wildman–Crippen LogP) is 4.04. The van der Waals surface area contributed by atoms with E-state index in [9.17, 15) is 8.42 Å². The van der Waals surface area contributed by atoms with Gasteiger partial charge < -0.3 is 6.15 Å². The predicted molar refractivity (Wildman–Crippen MR) is 88.6 cm³/mol. The first kappa shape index (κ1) is 18.8. The first-order chi connectivity index (χ1) is 9.51. The quantitative estimate of drug-likeness (QED) is 0.837. The van der Waals surface area contributed by atoms with Gasteiger partial charge in [0.15, 0.2) is 0 Å². The van der Waals surface area contributed by atoms with Crippen molar-refractivity contribution < 1.29 is 13.0 Å². The van der Waals surface area contributed by atoms with Crippen molar-refractivity contribution in [1.82, 2.24) is 6.15 Å². The first-order valence-electron chi connectivity index (χ1n) is 5.89. The zero-order valence-corrected chi connectivity index (χ0v) is 12.4. The van der Waals surface area contributed by atoms with Gasteiger partial charge in [-0.15, -0.1) is 0 Å². The van der Waals surface area contributed by atoms with Crippen LogP contribution >= 0.6 is 0 Å². The van der Waals surface area contributed by atoms with Crippen LogP contribution in [0.3, 0.4) is 0 Å². The Morgan fingerprint density at radius 3 is 1.62 bits per heavy atom. The molecule has 0 bridgehead atoms. The van der Waals surface area contributed by atoms with Gasteiger partial charge in [0.25, 0.3) is 10.1 Å². The second-order valence-electron chi connectivity index (χ2n) is 3.84. The Balaban J connectivity index is 0.000000390. The van der Waals surface area contributed by atoms with Crippen LogP contribution in [0, 0.1) is 0 Å². The molecular formula is C16H19NO3S. The lowest BCUT2D eigenvalue weighted by Crippen LogP contribution is -1.88. The van der Waals surface area contributed by atoms with E-state index >= 15 is 0 Å². The van der Waals surface area contributed by atoms with Crippen molar-refractivity contribution in [3.63, 3.8) is 0 Å². The van der Waals surface area contributed by atoms with E-state index < -0.39 is 10.1 Å². The molecule has 2 rings (SSSR count). The molecule has 0 aliphatic heterocycles. The van der Waals surface area contributed by atoms with E-state index in [1.807, 2.05) is 42.5 Å². The lowest BCUT2D eigenvalue weighted by molar-refractivity contribution is 0.494. The molecule has 0 saturated carbocycles. The molecule has 0 unspecified atom stereocenters. The van der Waals surface area contributed by atoms with Crippen LogP contribution in [0.2, 0.25) is 0 Å². The Morgan fingerprint density at radius 2 is 1.29 bits per heavy atom. The molecule has 0 fully saturated rings. The fourth-order valence-electron chi connectivity index (χ4n) is 1.32. The molecule has 0 aromatic heterocycles. The zero-order chi connectivity index (χ0) is 14.8. The van der Waals surface area contributed by atoms with Crippen molar-refractivity contribution >= 4 is 22.3 Å². The van der Waals surface area contributed by atoms with Crippen LogP contribution in [-0.4, -0.2) is 13.0 Å². The second kappa shape index (κ2) is 9.66. The summed E-state index contributed by atoms with van der Waals surface area (Å²) in [5, 5.41) is 0.752. The van der Waals surface area contributed by atoms with E-state index in [0.29, 0.717) is 0 Å². The summed E-state index contributed by atoms with van der Waals surface area (Å²) in [7, 11) is -4.00. The third-order valence-corrected chi connectivity index (χ3v) is 2.75. The third-order valence-electron chi connectivity index (χ3n) is 2.27. The molecule has 0 heterocycles. The number of rotatable bonds is 3. The molecule has 112 valence electrons. The molecule has 2 aromatic rings. The molecule has 0 radical (unpaired) electrons. The molecule has 0 aliphatic rings. The van der Waals surface area contributed by atoms with Gasteiger partial charge in [-0.2, -0.15) is 8.42 Å². The molecule has 4 N–H and O–H groups in total. The Bertz CT molecular complexity index is 650. The van der Waals surface area contributed by atoms with E-state index in [1.54, 1.807) is 24.3 Å². The Morgan fingerprint density at radius 1 is 0.857 bits per heavy atom. The fraction of sp³-hybridized carbons (Fsp3) is 0. The second-order valence-corrected chi connectivity index (χ2v) is 5.15. The monoisotopic (exact) mass is 305 g/mol. The van der Waals surface area contributed by atoms with Gasteiger partial charge in [-0.3, -0.25) is 4.55 Å². The van der Waals surface area contributed by atoms with Crippen LogP contribution in [0.25, 0.3) is 12.2 Å². The minimum Gasteiger partial charge on any atom is -0.344 e. The summed E-state index contributed by atoms with van der Waals surface area (Å²) in [5.41, 5.74) is 1.91. The highest BCUT2D eigenvalue weighted by Gasteiger charge is 1.94. The van der Waals surface area contributed by atoms with Gasteiger partial charge in [-0.1, -0.05) is 73.3 Å². The van der Waals surface area contributed by atoms with Gasteiger partial charge in [0.2, 0.25) is 0 Å². The van der Waals surface area contributed by atoms with E-state index in [-0.39, 0.29) is 6.15 Å². The molecule has 0 atom stereocenters.